The average molecular weight is 156 g/mol. The van der Waals surface area contributed by atoms with Crippen molar-refractivity contribution in [1.82, 2.24) is 0 Å². The monoisotopic (exact) mass is 156 g/mol. The van der Waals surface area contributed by atoms with Crippen molar-refractivity contribution >= 4 is 29.3 Å². The van der Waals surface area contributed by atoms with Crippen LogP contribution in [0.4, 0.5) is 9.05 Å². The van der Waals surface area contributed by atoms with Gasteiger partial charge in [0, 0.05) is 9.05 Å². The van der Waals surface area contributed by atoms with Crippen molar-refractivity contribution in [2.24, 2.45) is 0 Å². The van der Waals surface area contributed by atoms with Gasteiger partial charge in [-0.25, -0.2) is 19.5 Å². The molecule has 0 aromatic rings. The second-order valence-corrected chi connectivity index (χ2v) is 0.729. The number of carbonyl (C=O) groups excluding carboxylic acids is 2. The van der Waals surface area contributed by atoms with E-state index in [0.29, 0.717) is 0 Å². The molecular weight excluding hydrogens is 153 g/mol. The molecule has 52 valence electrons. The standard InChI is InChI=1S/C2F2O4.Al.3H/c3-7-1(5)2(6)8-4;;;;. The molecule has 0 aliphatic rings. The topological polar surface area (TPSA) is 52.6 Å². The Labute approximate surface area is 58.7 Å². The molecule has 0 aromatic carbocycles. The van der Waals surface area contributed by atoms with E-state index in [4.69, 9.17) is 0 Å². The highest BCUT2D eigenvalue weighted by Gasteiger charge is 2.18. The third-order valence-electron chi connectivity index (χ3n) is 0.307. The van der Waals surface area contributed by atoms with Crippen LogP contribution in [0.1, 0.15) is 0 Å². The first-order valence-electron chi connectivity index (χ1n) is 1.38. The summed E-state index contributed by atoms with van der Waals surface area (Å²) in [6.45, 7) is 0. The van der Waals surface area contributed by atoms with Gasteiger partial charge in [0.1, 0.15) is 0 Å². The van der Waals surface area contributed by atoms with Crippen LogP contribution >= 0.6 is 0 Å². The third kappa shape index (κ3) is 3.88. The number of carbonyl (C=O) groups is 2. The average Bonchev–Trinajstić information content (AvgIpc) is 1.84. The molecule has 0 saturated heterocycles. The maximum Gasteiger partial charge on any atom is 0.459 e. The maximum atomic E-state index is 10.5. The summed E-state index contributed by atoms with van der Waals surface area (Å²) in [7, 11) is 0. The number of halogens is 2. The molecule has 0 aliphatic heterocycles. The van der Waals surface area contributed by atoms with Gasteiger partial charge in [-0.1, -0.05) is 0 Å². The molecule has 9 heavy (non-hydrogen) atoms. The van der Waals surface area contributed by atoms with Crippen LogP contribution < -0.4 is 0 Å². The fraction of sp³-hybridized carbons (Fsp3) is 0. The van der Waals surface area contributed by atoms with Gasteiger partial charge >= 0.3 is 11.9 Å². The summed E-state index contributed by atoms with van der Waals surface area (Å²) in [6.07, 6.45) is 0. The molecule has 0 rings (SSSR count). The molecule has 0 fully saturated rings. The Balaban J connectivity index is 0. The molecule has 0 spiro atoms. The van der Waals surface area contributed by atoms with E-state index in [2.05, 4.69) is 9.88 Å². The Morgan fingerprint density at radius 1 is 1.00 bits per heavy atom. The quantitative estimate of drug-likeness (QED) is 0.321. The smallest absolute Gasteiger partial charge is 0.242 e. The van der Waals surface area contributed by atoms with Gasteiger partial charge in [-0.15, -0.1) is 0 Å². The Kier molecular flexibility index (Phi) is 6.79. The molecule has 7 heteroatoms. The van der Waals surface area contributed by atoms with Gasteiger partial charge in [-0.3, -0.25) is 0 Å². The SMILES string of the molecule is O=C(OF)C(=O)OF.[AlH3]. The molecular formula is C2H3AlF2O4. The zero-order valence-electron chi connectivity index (χ0n) is 3.39. The predicted molar refractivity (Wildman–Crippen MR) is 24.3 cm³/mol. The summed E-state index contributed by atoms with van der Waals surface area (Å²) in [4.78, 5) is 23.4. The minimum absolute atomic E-state index is 0. The highest BCUT2D eigenvalue weighted by atomic mass is 27.0. The van der Waals surface area contributed by atoms with Crippen molar-refractivity contribution in [3.8, 4) is 0 Å². The molecule has 0 unspecified atom stereocenters. The predicted octanol–water partition coefficient (Wildman–Crippen LogP) is -1.34. The van der Waals surface area contributed by atoms with E-state index in [1.54, 1.807) is 0 Å². The van der Waals surface area contributed by atoms with Crippen LogP contribution in [-0.4, -0.2) is 29.3 Å². The van der Waals surface area contributed by atoms with Crippen molar-refractivity contribution in [2.75, 3.05) is 0 Å². The van der Waals surface area contributed by atoms with Crippen molar-refractivity contribution in [3.05, 3.63) is 0 Å². The largest absolute Gasteiger partial charge is 0.459 e. The lowest BCUT2D eigenvalue weighted by Crippen LogP contribution is -2.13. The molecule has 4 nitrogen and oxygen atoms in total. The summed E-state index contributed by atoms with van der Waals surface area (Å²) in [5.41, 5.74) is 0. The van der Waals surface area contributed by atoms with Crippen molar-refractivity contribution in [3.63, 3.8) is 0 Å². The minimum Gasteiger partial charge on any atom is -0.242 e. The fourth-order valence-corrected chi connectivity index (χ4v) is 0.0630. The van der Waals surface area contributed by atoms with Crippen LogP contribution in [-0.2, 0) is 19.5 Å². The molecule has 0 atom stereocenters. The van der Waals surface area contributed by atoms with Crippen LogP contribution in [0.5, 0.6) is 0 Å². The van der Waals surface area contributed by atoms with E-state index in [9.17, 15) is 18.6 Å². The van der Waals surface area contributed by atoms with Gasteiger partial charge in [0.2, 0.25) is 0 Å². The summed E-state index contributed by atoms with van der Waals surface area (Å²) in [5, 5.41) is 0. The highest BCUT2D eigenvalue weighted by Crippen LogP contribution is 1.83. The lowest BCUT2D eigenvalue weighted by atomic mass is 10.7. The normalized spacial score (nSPS) is 6.89. The molecule has 0 radical (unpaired) electrons. The maximum absolute atomic E-state index is 10.5. The van der Waals surface area contributed by atoms with Crippen molar-refractivity contribution in [2.45, 2.75) is 0 Å². The number of hydrogen-bond donors (Lipinski definition) is 0. The molecule has 0 aromatic heterocycles. The first kappa shape index (κ1) is 11.2. The van der Waals surface area contributed by atoms with E-state index in [-0.39, 0.29) is 17.4 Å². The number of hydrogen-bond acceptors (Lipinski definition) is 4. The van der Waals surface area contributed by atoms with E-state index in [1.165, 1.54) is 0 Å². The minimum atomic E-state index is -2.02. The Morgan fingerprint density at radius 2 is 1.22 bits per heavy atom. The Hall–Kier alpha value is -0.668. The van der Waals surface area contributed by atoms with Crippen LogP contribution in [0.25, 0.3) is 0 Å². The third-order valence-corrected chi connectivity index (χ3v) is 0.307. The summed E-state index contributed by atoms with van der Waals surface area (Å²) >= 11 is 0. The zero-order chi connectivity index (χ0) is 6.57. The zero-order valence-corrected chi connectivity index (χ0v) is 3.39. The lowest BCUT2D eigenvalue weighted by molar-refractivity contribution is -0.212. The van der Waals surface area contributed by atoms with Crippen LogP contribution in [0.15, 0.2) is 0 Å². The Bertz CT molecular complexity index is 101. The van der Waals surface area contributed by atoms with E-state index < -0.39 is 11.9 Å². The molecule has 0 bridgehead atoms. The van der Waals surface area contributed by atoms with Crippen LogP contribution in [0.3, 0.4) is 0 Å². The first-order chi connectivity index (χ1) is 3.72. The van der Waals surface area contributed by atoms with Gasteiger partial charge in [-0.2, -0.15) is 0 Å². The van der Waals surface area contributed by atoms with Gasteiger partial charge in [0.05, 0.1) is 0 Å². The summed E-state index contributed by atoms with van der Waals surface area (Å²) in [5.74, 6) is -4.04. The van der Waals surface area contributed by atoms with Crippen LogP contribution in [0, 0.1) is 0 Å². The molecule has 0 aliphatic carbocycles. The van der Waals surface area contributed by atoms with Crippen molar-refractivity contribution in [1.29, 1.82) is 0 Å². The summed E-state index contributed by atoms with van der Waals surface area (Å²) in [6, 6.07) is 0. The molecule has 0 N–H and O–H groups in total. The highest BCUT2D eigenvalue weighted by molar-refractivity contribution is 6.29. The number of rotatable bonds is 0. The van der Waals surface area contributed by atoms with E-state index >= 15 is 0 Å². The fourth-order valence-electron chi connectivity index (χ4n) is 0.0630. The lowest BCUT2D eigenvalue weighted by Gasteiger charge is -1.82. The second-order valence-electron chi connectivity index (χ2n) is 0.729. The molecule has 0 saturated carbocycles. The first-order valence-corrected chi connectivity index (χ1v) is 1.38. The molecule has 0 heterocycles. The van der Waals surface area contributed by atoms with Gasteiger partial charge in [-0.05, 0) is 0 Å². The van der Waals surface area contributed by atoms with E-state index in [0.717, 1.165) is 0 Å². The van der Waals surface area contributed by atoms with E-state index in [1.807, 2.05) is 0 Å². The van der Waals surface area contributed by atoms with Gasteiger partial charge in [0.25, 0.3) is 0 Å². The van der Waals surface area contributed by atoms with Crippen LogP contribution in [0.2, 0.25) is 0 Å². The summed E-state index contributed by atoms with van der Waals surface area (Å²) < 4.78 is 21.0. The second kappa shape index (κ2) is 5.47. The Morgan fingerprint density at radius 3 is 1.33 bits per heavy atom. The van der Waals surface area contributed by atoms with Crippen molar-refractivity contribution < 1.29 is 28.5 Å². The van der Waals surface area contributed by atoms with Gasteiger partial charge < -0.3 is 0 Å². The molecule has 0 amide bonds. The van der Waals surface area contributed by atoms with Gasteiger partial charge in [0.15, 0.2) is 17.4 Å².